The molecule has 1 N–H and O–H groups in total. The molecule has 1 fully saturated rings. The molecule has 0 heterocycles. The fraction of sp³-hybridized carbons (Fsp3) is 0.667. The number of hydrogen-bond donors (Lipinski definition) is 1. The summed E-state index contributed by atoms with van der Waals surface area (Å²) in [4.78, 5) is 2.67. The fourth-order valence-electron chi connectivity index (χ4n) is 4.01. The highest BCUT2D eigenvalue weighted by atomic mass is 15.2. The molecule has 0 radical (unpaired) electrons. The summed E-state index contributed by atoms with van der Waals surface area (Å²) in [5, 5.41) is 3.75. The SMILES string of the molecule is CCNC1c2ccccc2C(C)CC1N(C)C1CCC1. The Kier molecular flexibility index (Phi) is 4.13. The minimum absolute atomic E-state index is 0.498. The van der Waals surface area contributed by atoms with Crippen LogP contribution in [0.5, 0.6) is 0 Å². The molecule has 2 heteroatoms. The molecule has 0 bridgehead atoms. The van der Waals surface area contributed by atoms with Crippen LogP contribution in [0.3, 0.4) is 0 Å². The lowest BCUT2D eigenvalue weighted by molar-refractivity contribution is 0.0731. The Morgan fingerprint density at radius 3 is 2.50 bits per heavy atom. The van der Waals surface area contributed by atoms with Crippen LogP contribution in [-0.4, -0.2) is 30.6 Å². The third-order valence-corrected chi connectivity index (χ3v) is 5.44. The predicted octanol–water partition coefficient (Wildman–Crippen LogP) is 3.70. The highest BCUT2D eigenvalue weighted by Crippen LogP contribution is 2.41. The lowest BCUT2D eigenvalue weighted by Crippen LogP contribution is -2.51. The molecule has 1 saturated carbocycles. The maximum Gasteiger partial charge on any atom is 0.0481 e. The zero-order valence-electron chi connectivity index (χ0n) is 13.1. The van der Waals surface area contributed by atoms with Crippen molar-refractivity contribution in [2.24, 2.45) is 0 Å². The summed E-state index contributed by atoms with van der Waals surface area (Å²) < 4.78 is 0. The molecule has 110 valence electrons. The van der Waals surface area contributed by atoms with Crippen LogP contribution in [0.2, 0.25) is 0 Å². The van der Waals surface area contributed by atoms with Crippen LogP contribution in [-0.2, 0) is 0 Å². The van der Waals surface area contributed by atoms with Crippen molar-refractivity contribution in [2.45, 2.75) is 63.6 Å². The molecule has 0 aliphatic heterocycles. The Bertz CT molecular complexity index is 452. The van der Waals surface area contributed by atoms with Gasteiger partial charge in [0.2, 0.25) is 0 Å². The molecule has 20 heavy (non-hydrogen) atoms. The Morgan fingerprint density at radius 1 is 1.20 bits per heavy atom. The van der Waals surface area contributed by atoms with Gasteiger partial charge in [0.25, 0.3) is 0 Å². The maximum atomic E-state index is 3.75. The van der Waals surface area contributed by atoms with Gasteiger partial charge in [-0.05, 0) is 49.9 Å². The average molecular weight is 272 g/mol. The van der Waals surface area contributed by atoms with E-state index in [-0.39, 0.29) is 0 Å². The molecule has 0 amide bonds. The molecule has 3 unspecified atom stereocenters. The van der Waals surface area contributed by atoms with Crippen LogP contribution in [0.1, 0.15) is 62.6 Å². The number of likely N-dealkylation sites (N-methyl/N-ethyl adjacent to an activating group) is 2. The van der Waals surface area contributed by atoms with Gasteiger partial charge in [0, 0.05) is 18.1 Å². The van der Waals surface area contributed by atoms with Gasteiger partial charge in [-0.3, -0.25) is 4.90 Å². The smallest absolute Gasteiger partial charge is 0.0481 e. The standard InChI is InChI=1S/C18H28N2/c1-4-19-18-16-11-6-5-10-15(16)13(2)12-17(18)20(3)14-8-7-9-14/h5-6,10-11,13-14,17-19H,4,7-9,12H2,1-3H3. The Balaban J connectivity index is 1.90. The Morgan fingerprint density at radius 2 is 1.90 bits per heavy atom. The normalized spacial score (nSPS) is 30.1. The van der Waals surface area contributed by atoms with E-state index in [1.54, 1.807) is 5.56 Å². The third-order valence-electron chi connectivity index (χ3n) is 5.44. The molecule has 0 spiro atoms. The second kappa shape index (κ2) is 5.87. The molecule has 1 aromatic carbocycles. The highest BCUT2D eigenvalue weighted by Gasteiger charge is 2.38. The fourth-order valence-corrected chi connectivity index (χ4v) is 4.01. The van der Waals surface area contributed by atoms with Gasteiger partial charge in [-0.25, -0.2) is 0 Å². The summed E-state index contributed by atoms with van der Waals surface area (Å²) in [5.41, 5.74) is 3.08. The maximum absolute atomic E-state index is 3.75. The molecule has 2 nitrogen and oxygen atoms in total. The first-order valence-electron chi connectivity index (χ1n) is 8.26. The largest absolute Gasteiger partial charge is 0.309 e. The van der Waals surface area contributed by atoms with Gasteiger partial charge in [-0.2, -0.15) is 0 Å². The van der Waals surface area contributed by atoms with E-state index < -0.39 is 0 Å². The van der Waals surface area contributed by atoms with Crippen molar-refractivity contribution in [3.63, 3.8) is 0 Å². The van der Waals surface area contributed by atoms with E-state index in [1.165, 1.54) is 31.2 Å². The first-order valence-corrected chi connectivity index (χ1v) is 8.26. The zero-order chi connectivity index (χ0) is 14.1. The van der Waals surface area contributed by atoms with E-state index in [9.17, 15) is 0 Å². The lowest BCUT2D eigenvalue weighted by Gasteiger charge is -2.47. The quantitative estimate of drug-likeness (QED) is 0.899. The van der Waals surface area contributed by atoms with Crippen molar-refractivity contribution in [1.82, 2.24) is 10.2 Å². The monoisotopic (exact) mass is 272 g/mol. The molecule has 3 atom stereocenters. The van der Waals surface area contributed by atoms with Gasteiger partial charge >= 0.3 is 0 Å². The third kappa shape index (κ3) is 2.40. The molecular weight excluding hydrogens is 244 g/mol. The topological polar surface area (TPSA) is 15.3 Å². The number of hydrogen-bond acceptors (Lipinski definition) is 2. The minimum atomic E-state index is 0.498. The van der Waals surface area contributed by atoms with Crippen LogP contribution in [0.25, 0.3) is 0 Å². The number of nitrogens with zero attached hydrogens (tertiary/aromatic N) is 1. The highest BCUT2D eigenvalue weighted by molar-refractivity contribution is 5.36. The second-order valence-corrected chi connectivity index (χ2v) is 6.62. The van der Waals surface area contributed by atoms with Crippen LogP contribution in [0.4, 0.5) is 0 Å². The molecule has 1 aromatic rings. The van der Waals surface area contributed by atoms with Crippen molar-refractivity contribution < 1.29 is 0 Å². The van der Waals surface area contributed by atoms with Crippen LogP contribution < -0.4 is 5.32 Å². The number of nitrogens with one attached hydrogen (secondary N) is 1. The number of rotatable bonds is 4. The molecule has 2 aliphatic carbocycles. The number of benzene rings is 1. The van der Waals surface area contributed by atoms with Crippen molar-refractivity contribution in [2.75, 3.05) is 13.6 Å². The van der Waals surface area contributed by atoms with E-state index >= 15 is 0 Å². The molecule has 3 rings (SSSR count). The average Bonchev–Trinajstić information content (AvgIpc) is 2.40. The van der Waals surface area contributed by atoms with E-state index in [2.05, 4.69) is 55.4 Å². The summed E-state index contributed by atoms with van der Waals surface area (Å²) in [6.07, 6.45) is 5.48. The summed E-state index contributed by atoms with van der Waals surface area (Å²) in [7, 11) is 2.35. The van der Waals surface area contributed by atoms with Gasteiger partial charge in [-0.1, -0.05) is 44.5 Å². The van der Waals surface area contributed by atoms with E-state index in [0.717, 1.165) is 12.6 Å². The van der Waals surface area contributed by atoms with E-state index in [4.69, 9.17) is 0 Å². The first-order chi connectivity index (χ1) is 9.72. The van der Waals surface area contributed by atoms with Gasteiger partial charge in [0.1, 0.15) is 0 Å². The summed E-state index contributed by atoms with van der Waals surface area (Å²) in [5.74, 6) is 0.675. The van der Waals surface area contributed by atoms with Crippen LogP contribution >= 0.6 is 0 Å². The van der Waals surface area contributed by atoms with Crippen LogP contribution in [0.15, 0.2) is 24.3 Å². The molecular formula is C18H28N2. The molecule has 2 aliphatic rings. The van der Waals surface area contributed by atoms with E-state index in [0.29, 0.717) is 18.0 Å². The predicted molar refractivity (Wildman–Crippen MR) is 85.1 cm³/mol. The summed E-state index contributed by atoms with van der Waals surface area (Å²) in [6.45, 7) is 5.66. The van der Waals surface area contributed by atoms with Crippen molar-refractivity contribution >= 4 is 0 Å². The summed E-state index contributed by atoms with van der Waals surface area (Å²) >= 11 is 0. The minimum Gasteiger partial charge on any atom is -0.309 e. The lowest BCUT2D eigenvalue weighted by atomic mass is 9.76. The first kappa shape index (κ1) is 14.1. The Labute approximate surface area is 123 Å². The molecule has 0 aromatic heterocycles. The zero-order valence-corrected chi connectivity index (χ0v) is 13.1. The van der Waals surface area contributed by atoms with Crippen molar-refractivity contribution in [1.29, 1.82) is 0 Å². The summed E-state index contributed by atoms with van der Waals surface area (Å²) in [6, 6.07) is 11.0. The van der Waals surface area contributed by atoms with Crippen LogP contribution in [0, 0.1) is 0 Å². The van der Waals surface area contributed by atoms with Gasteiger partial charge in [0.05, 0.1) is 0 Å². The van der Waals surface area contributed by atoms with Gasteiger partial charge in [0.15, 0.2) is 0 Å². The van der Waals surface area contributed by atoms with Gasteiger partial charge in [-0.15, -0.1) is 0 Å². The number of fused-ring (bicyclic) bond motifs is 1. The van der Waals surface area contributed by atoms with Gasteiger partial charge < -0.3 is 5.32 Å². The second-order valence-electron chi connectivity index (χ2n) is 6.62. The van der Waals surface area contributed by atoms with Crippen molar-refractivity contribution in [3.05, 3.63) is 35.4 Å². The van der Waals surface area contributed by atoms with E-state index in [1.807, 2.05) is 0 Å². The molecule has 0 saturated heterocycles. The Hall–Kier alpha value is -0.860. The van der Waals surface area contributed by atoms with Crippen molar-refractivity contribution in [3.8, 4) is 0 Å².